The first-order chi connectivity index (χ1) is 17.0. The SMILES string of the molecule is CCOC(=O)C1=C(O)/C(=C\c2cc(C)n(C3CCN(c4ccc(C(F)(F)F)cc4)CC3)c2C)N=C1C. The zero-order valence-corrected chi connectivity index (χ0v) is 20.8. The largest absolute Gasteiger partial charge is 0.505 e. The van der Waals surface area contributed by atoms with E-state index >= 15 is 0 Å². The molecule has 0 unspecified atom stereocenters. The molecule has 9 heteroatoms. The molecule has 0 atom stereocenters. The van der Waals surface area contributed by atoms with Gasteiger partial charge in [0.05, 0.1) is 17.9 Å². The molecular weight excluding hydrogens is 471 g/mol. The second kappa shape index (κ2) is 9.87. The summed E-state index contributed by atoms with van der Waals surface area (Å²) in [6.45, 7) is 9.09. The van der Waals surface area contributed by atoms with E-state index in [9.17, 15) is 23.1 Å². The van der Waals surface area contributed by atoms with Crippen molar-refractivity contribution in [1.82, 2.24) is 4.57 Å². The van der Waals surface area contributed by atoms with Crippen molar-refractivity contribution in [3.05, 3.63) is 69.9 Å². The Morgan fingerprint density at radius 3 is 2.39 bits per heavy atom. The smallest absolute Gasteiger partial charge is 0.416 e. The molecule has 0 amide bonds. The lowest BCUT2D eigenvalue weighted by Gasteiger charge is -2.35. The number of esters is 1. The highest BCUT2D eigenvalue weighted by Crippen LogP contribution is 2.34. The van der Waals surface area contributed by atoms with Gasteiger partial charge < -0.3 is 19.3 Å². The predicted molar refractivity (Wildman–Crippen MR) is 133 cm³/mol. The van der Waals surface area contributed by atoms with Gasteiger partial charge in [-0.2, -0.15) is 13.2 Å². The molecule has 192 valence electrons. The first-order valence-electron chi connectivity index (χ1n) is 12.0. The van der Waals surface area contributed by atoms with Gasteiger partial charge in [0, 0.05) is 36.2 Å². The number of benzene rings is 1. The number of hydrogen-bond acceptors (Lipinski definition) is 5. The van der Waals surface area contributed by atoms with E-state index in [4.69, 9.17) is 4.74 Å². The molecule has 1 saturated heterocycles. The van der Waals surface area contributed by atoms with E-state index in [2.05, 4.69) is 14.5 Å². The van der Waals surface area contributed by atoms with Gasteiger partial charge in [-0.3, -0.25) is 0 Å². The second-order valence-electron chi connectivity index (χ2n) is 9.13. The van der Waals surface area contributed by atoms with Crippen molar-refractivity contribution in [3.8, 4) is 0 Å². The van der Waals surface area contributed by atoms with Crippen LogP contribution < -0.4 is 4.90 Å². The van der Waals surface area contributed by atoms with E-state index in [-0.39, 0.29) is 24.0 Å². The van der Waals surface area contributed by atoms with Gasteiger partial charge in [0.2, 0.25) is 0 Å². The molecule has 0 bridgehead atoms. The number of alkyl halides is 3. The molecule has 1 aromatic heterocycles. The standard InChI is InChI=1S/C27H30F3N3O3/c1-5-36-26(35)24-17(3)31-23(25(24)34)15-19-14-16(2)33(18(19)4)22-10-12-32(13-11-22)21-8-6-20(7-9-21)27(28,29)30/h6-9,14-15,22,34H,5,10-13H2,1-4H3/b23-15+. The lowest BCUT2D eigenvalue weighted by molar-refractivity contribution is -0.138. The summed E-state index contributed by atoms with van der Waals surface area (Å²) in [4.78, 5) is 18.7. The number of nitrogens with zero attached hydrogens (tertiary/aromatic N) is 3. The van der Waals surface area contributed by atoms with Crippen LogP contribution in [-0.2, 0) is 15.7 Å². The van der Waals surface area contributed by atoms with Gasteiger partial charge in [-0.15, -0.1) is 0 Å². The van der Waals surface area contributed by atoms with Crippen LogP contribution in [0.25, 0.3) is 6.08 Å². The number of ether oxygens (including phenoxy) is 1. The van der Waals surface area contributed by atoms with Crippen LogP contribution in [-0.4, -0.2) is 41.1 Å². The van der Waals surface area contributed by atoms with Crippen LogP contribution in [0.4, 0.5) is 18.9 Å². The quantitative estimate of drug-likeness (QED) is 0.499. The molecule has 0 spiro atoms. The highest BCUT2D eigenvalue weighted by molar-refractivity contribution is 6.22. The zero-order chi connectivity index (χ0) is 26.2. The Balaban J connectivity index is 1.50. The number of aliphatic hydroxyl groups is 1. The fourth-order valence-electron chi connectivity index (χ4n) is 5.04. The van der Waals surface area contributed by atoms with Crippen LogP contribution in [0.3, 0.4) is 0 Å². The Bertz CT molecular complexity index is 1250. The van der Waals surface area contributed by atoms with Gasteiger partial charge in [0.15, 0.2) is 5.76 Å². The Morgan fingerprint density at radius 1 is 1.17 bits per heavy atom. The number of rotatable bonds is 5. The van der Waals surface area contributed by atoms with Crippen LogP contribution in [0.2, 0.25) is 0 Å². The summed E-state index contributed by atoms with van der Waals surface area (Å²) < 4.78 is 45.9. The third-order valence-corrected chi connectivity index (χ3v) is 6.81. The molecule has 0 saturated carbocycles. The maximum Gasteiger partial charge on any atom is 0.416 e. The number of aryl methyl sites for hydroxylation is 1. The molecule has 2 aromatic rings. The number of carbonyl (C=O) groups excluding carboxylic acids is 1. The van der Waals surface area contributed by atoms with Crippen LogP contribution in [0.15, 0.2) is 52.4 Å². The van der Waals surface area contributed by atoms with E-state index in [0.29, 0.717) is 11.4 Å². The topological polar surface area (TPSA) is 67.1 Å². The van der Waals surface area contributed by atoms with E-state index in [1.807, 2.05) is 19.9 Å². The van der Waals surface area contributed by atoms with Crippen molar-refractivity contribution in [3.63, 3.8) is 0 Å². The molecule has 1 N–H and O–H groups in total. The van der Waals surface area contributed by atoms with Crippen molar-refractivity contribution < 1.29 is 27.8 Å². The van der Waals surface area contributed by atoms with Crippen LogP contribution in [0, 0.1) is 13.8 Å². The highest BCUT2D eigenvalue weighted by Gasteiger charge is 2.31. The van der Waals surface area contributed by atoms with Crippen molar-refractivity contribution in [2.75, 3.05) is 24.6 Å². The Hall–Kier alpha value is -3.49. The number of carbonyl (C=O) groups is 1. The number of aliphatic hydroxyl groups excluding tert-OH is 1. The molecule has 2 aliphatic rings. The maximum atomic E-state index is 12.9. The summed E-state index contributed by atoms with van der Waals surface area (Å²) in [5.74, 6) is -0.773. The first-order valence-corrected chi connectivity index (χ1v) is 12.0. The molecule has 4 rings (SSSR count). The number of aliphatic imine (C=N–C) groups is 1. The second-order valence-corrected chi connectivity index (χ2v) is 9.13. The molecule has 6 nitrogen and oxygen atoms in total. The molecule has 1 aromatic carbocycles. The number of piperidine rings is 1. The van der Waals surface area contributed by atoms with E-state index in [1.165, 1.54) is 12.1 Å². The maximum absolute atomic E-state index is 12.9. The first kappa shape index (κ1) is 25.6. The van der Waals surface area contributed by atoms with Crippen molar-refractivity contribution >= 4 is 23.4 Å². The average Bonchev–Trinajstić information content (AvgIpc) is 3.27. The number of halogens is 3. The van der Waals surface area contributed by atoms with E-state index in [0.717, 1.165) is 60.7 Å². The fourth-order valence-corrected chi connectivity index (χ4v) is 5.04. The van der Waals surface area contributed by atoms with Gasteiger partial charge in [-0.1, -0.05) is 0 Å². The summed E-state index contributed by atoms with van der Waals surface area (Å²) in [6, 6.07) is 7.61. The summed E-state index contributed by atoms with van der Waals surface area (Å²) in [5, 5.41) is 10.6. The molecule has 3 heterocycles. The van der Waals surface area contributed by atoms with Crippen LogP contribution >= 0.6 is 0 Å². The summed E-state index contributed by atoms with van der Waals surface area (Å²) >= 11 is 0. The molecule has 1 fully saturated rings. The minimum absolute atomic E-state index is 0.0903. The van der Waals surface area contributed by atoms with E-state index < -0.39 is 17.7 Å². The Kier molecular flexibility index (Phi) is 7.02. The van der Waals surface area contributed by atoms with Gasteiger partial charge in [-0.05, 0) is 82.5 Å². The normalized spacial score (nSPS) is 18.2. The Labute approximate surface area is 208 Å². The lowest BCUT2D eigenvalue weighted by atomic mass is 10.0. The minimum Gasteiger partial charge on any atom is -0.505 e. The third kappa shape index (κ3) is 4.92. The summed E-state index contributed by atoms with van der Waals surface area (Å²) in [5.41, 5.74) is 3.99. The average molecular weight is 502 g/mol. The summed E-state index contributed by atoms with van der Waals surface area (Å²) in [6.07, 6.45) is -0.857. The number of aromatic nitrogens is 1. The molecular formula is C27H30F3N3O3. The fraction of sp³-hybridized carbons (Fsp3) is 0.407. The van der Waals surface area contributed by atoms with Gasteiger partial charge in [0.25, 0.3) is 0 Å². The van der Waals surface area contributed by atoms with Crippen molar-refractivity contribution in [2.24, 2.45) is 4.99 Å². The molecule has 0 aliphatic carbocycles. The van der Waals surface area contributed by atoms with Crippen molar-refractivity contribution in [1.29, 1.82) is 0 Å². The number of hydrogen-bond donors (Lipinski definition) is 1. The predicted octanol–water partition coefficient (Wildman–Crippen LogP) is 6.16. The number of anilines is 1. The minimum atomic E-state index is -4.34. The van der Waals surface area contributed by atoms with E-state index in [1.54, 1.807) is 19.9 Å². The molecule has 2 aliphatic heterocycles. The molecule has 0 radical (unpaired) electrons. The van der Waals surface area contributed by atoms with Crippen LogP contribution in [0.1, 0.15) is 55.2 Å². The summed E-state index contributed by atoms with van der Waals surface area (Å²) in [7, 11) is 0. The van der Waals surface area contributed by atoms with Gasteiger partial charge >= 0.3 is 12.1 Å². The zero-order valence-electron chi connectivity index (χ0n) is 20.8. The van der Waals surface area contributed by atoms with Gasteiger partial charge in [0.1, 0.15) is 11.3 Å². The monoisotopic (exact) mass is 501 g/mol. The van der Waals surface area contributed by atoms with Crippen molar-refractivity contribution in [2.45, 2.75) is 52.8 Å². The van der Waals surface area contributed by atoms with Gasteiger partial charge in [-0.25, -0.2) is 9.79 Å². The highest BCUT2D eigenvalue weighted by atomic mass is 19.4. The third-order valence-electron chi connectivity index (χ3n) is 6.81. The molecule has 36 heavy (non-hydrogen) atoms. The lowest BCUT2D eigenvalue weighted by Crippen LogP contribution is -2.35. The Morgan fingerprint density at radius 2 is 1.81 bits per heavy atom. The van der Waals surface area contributed by atoms with Crippen LogP contribution in [0.5, 0.6) is 0 Å².